The fourth-order valence-corrected chi connectivity index (χ4v) is 4.92. The van der Waals surface area contributed by atoms with Gasteiger partial charge in [0, 0.05) is 50.9 Å². The van der Waals surface area contributed by atoms with Gasteiger partial charge in [0.15, 0.2) is 0 Å². The summed E-state index contributed by atoms with van der Waals surface area (Å²) in [5.41, 5.74) is 5.56. The second-order valence-electron chi connectivity index (χ2n) is 9.78. The van der Waals surface area contributed by atoms with E-state index in [1.54, 1.807) is 6.07 Å². The maximum absolute atomic E-state index is 13.9. The van der Waals surface area contributed by atoms with Gasteiger partial charge in [-0.1, -0.05) is 30.3 Å². The molecule has 0 radical (unpaired) electrons. The van der Waals surface area contributed by atoms with Crippen LogP contribution in [-0.4, -0.2) is 43.2 Å². The lowest BCUT2D eigenvalue weighted by atomic mass is 9.90. The molecule has 202 valence electrons. The van der Waals surface area contributed by atoms with Gasteiger partial charge in [-0.15, -0.1) is 0 Å². The number of hydrogen-bond donors (Lipinski definition) is 2. The molecule has 0 saturated carbocycles. The molecular formula is C31H37F2N3O2. The van der Waals surface area contributed by atoms with Crippen LogP contribution in [0.2, 0.25) is 0 Å². The van der Waals surface area contributed by atoms with Crippen LogP contribution < -0.4 is 10.6 Å². The number of carbonyl (C=O) groups is 1. The van der Waals surface area contributed by atoms with Crippen molar-refractivity contribution in [3.05, 3.63) is 101 Å². The average molecular weight is 522 g/mol. The van der Waals surface area contributed by atoms with Crippen molar-refractivity contribution in [2.75, 3.05) is 31.6 Å². The van der Waals surface area contributed by atoms with Crippen molar-refractivity contribution >= 4 is 11.7 Å². The lowest BCUT2D eigenvalue weighted by molar-refractivity contribution is -0.143. The summed E-state index contributed by atoms with van der Waals surface area (Å²) >= 11 is 0. The van der Waals surface area contributed by atoms with Crippen molar-refractivity contribution in [1.82, 2.24) is 10.2 Å². The van der Waals surface area contributed by atoms with E-state index >= 15 is 0 Å². The van der Waals surface area contributed by atoms with Crippen LogP contribution in [-0.2, 0) is 35.5 Å². The molecule has 0 amide bonds. The third-order valence-corrected chi connectivity index (χ3v) is 6.95. The van der Waals surface area contributed by atoms with E-state index in [-0.39, 0.29) is 23.6 Å². The summed E-state index contributed by atoms with van der Waals surface area (Å²) in [5.74, 6) is -0.582. The molecule has 7 heteroatoms. The number of ether oxygens (including phenoxy) is 1. The summed E-state index contributed by atoms with van der Waals surface area (Å²) in [6, 6.07) is 20.3. The zero-order valence-electron chi connectivity index (χ0n) is 22.0. The monoisotopic (exact) mass is 521 g/mol. The number of benzene rings is 3. The number of hydrogen-bond acceptors (Lipinski definition) is 5. The van der Waals surface area contributed by atoms with Crippen LogP contribution in [0.4, 0.5) is 14.5 Å². The molecule has 3 aromatic rings. The maximum Gasteiger partial charge on any atom is 0.305 e. The Balaban J connectivity index is 1.25. The van der Waals surface area contributed by atoms with Crippen LogP contribution in [0.5, 0.6) is 0 Å². The van der Waals surface area contributed by atoms with Gasteiger partial charge in [0.25, 0.3) is 0 Å². The highest BCUT2D eigenvalue weighted by molar-refractivity contribution is 5.69. The first-order chi connectivity index (χ1) is 18.5. The first kappa shape index (κ1) is 27.7. The first-order valence-electron chi connectivity index (χ1n) is 13.4. The van der Waals surface area contributed by atoms with Crippen LogP contribution in [0.25, 0.3) is 0 Å². The highest BCUT2D eigenvalue weighted by Crippen LogP contribution is 2.26. The van der Waals surface area contributed by atoms with Crippen LogP contribution in [0.3, 0.4) is 0 Å². The summed E-state index contributed by atoms with van der Waals surface area (Å²) in [4.78, 5) is 13.9. The molecule has 5 nitrogen and oxygen atoms in total. The molecular weight excluding hydrogens is 484 g/mol. The van der Waals surface area contributed by atoms with E-state index in [1.807, 2.05) is 25.1 Å². The van der Waals surface area contributed by atoms with E-state index in [1.165, 1.54) is 29.3 Å². The van der Waals surface area contributed by atoms with Gasteiger partial charge < -0.3 is 15.4 Å². The standard InChI is InChI=1S/C31H37F2N3O2/c1-2-38-31(37)4-3-15-35-29-13-7-24(8-14-29)21-34-16-17-36-22-25-9-12-28(33)19-26(25)20-30(36)18-23-5-10-27(32)11-6-23/h5-14,19,30,34-35H,2-4,15-18,20-22H2,1H3. The Kier molecular flexibility index (Phi) is 10.2. The van der Waals surface area contributed by atoms with E-state index in [0.717, 1.165) is 68.8 Å². The molecule has 1 unspecified atom stereocenters. The number of carbonyl (C=O) groups excluding carboxylic acids is 1. The van der Waals surface area contributed by atoms with Gasteiger partial charge in [-0.25, -0.2) is 8.78 Å². The third-order valence-electron chi connectivity index (χ3n) is 6.95. The van der Waals surface area contributed by atoms with E-state index in [0.29, 0.717) is 13.0 Å². The SMILES string of the molecule is CCOC(=O)CCCNc1ccc(CNCCN2Cc3ccc(F)cc3CC2Cc2ccc(F)cc2)cc1. The molecule has 1 atom stereocenters. The number of rotatable bonds is 13. The molecule has 0 aromatic heterocycles. The van der Waals surface area contributed by atoms with Gasteiger partial charge in [0.05, 0.1) is 6.61 Å². The largest absolute Gasteiger partial charge is 0.466 e. The van der Waals surface area contributed by atoms with E-state index in [4.69, 9.17) is 4.74 Å². The van der Waals surface area contributed by atoms with Crippen molar-refractivity contribution in [2.24, 2.45) is 0 Å². The number of halogens is 2. The van der Waals surface area contributed by atoms with Gasteiger partial charge in [-0.05, 0) is 84.8 Å². The molecule has 1 aliphatic rings. The Hall–Kier alpha value is -3.29. The van der Waals surface area contributed by atoms with Crippen molar-refractivity contribution in [2.45, 2.75) is 51.7 Å². The quantitative estimate of drug-likeness (QED) is 0.231. The fraction of sp³-hybridized carbons (Fsp3) is 0.387. The lowest BCUT2D eigenvalue weighted by Crippen LogP contribution is -2.44. The molecule has 38 heavy (non-hydrogen) atoms. The molecule has 0 spiro atoms. The maximum atomic E-state index is 13.9. The highest BCUT2D eigenvalue weighted by Gasteiger charge is 2.26. The van der Waals surface area contributed by atoms with Crippen molar-refractivity contribution < 1.29 is 18.3 Å². The summed E-state index contributed by atoms with van der Waals surface area (Å²) in [5, 5.41) is 6.89. The minimum atomic E-state index is -0.233. The summed E-state index contributed by atoms with van der Waals surface area (Å²) in [6.07, 6.45) is 2.73. The van der Waals surface area contributed by atoms with Crippen LogP contribution in [0, 0.1) is 11.6 Å². The Morgan fingerprint density at radius 3 is 2.45 bits per heavy atom. The molecule has 3 aromatic carbocycles. The Bertz CT molecular complexity index is 1170. The molecule has 0 aliphatic carbocycles. The number of anilines is 1. The minimum Gasteiger partial charge on any atom is -0.466 e. The highest BCUT2D eigenvalue weighted by atomic mass is 19.1. The average Bonchev–Trinajstić information content (AvgIpc) is 2.91. The van der Waals surface area contributed by atoms with E-state index < -0.39 is 0 Å². The van der Waals surface area contributed by atoms with Gasteiger partial charge in [0.2, 0.25) is 0 Å². The zero-order valence-corrected chi connectivity index (χ0v) is 22.0. The van der Waals surface area contributed by atoms with Crippen LogP contribution in [0.15, 0.2) is 66.7 Å². The normalized spacial score (nSPS) is 15.2. The minimum absolute atomic E-state index is 0.153. The topological polar surface area (TPSA) is 53.6 Å². The van der Waals surface area contributed by atoms with Crippen LogP contribution >= 0.6 is 0 Å². The van der Waals surface area contributed by atoms with Gasteiger partial charge in [0.1, 0.15) is 11.6 Å². The second kappa shape index (κ2) is 14.0. The fourth-order valence-electron chi connectivity index (χ4n) is 4.92. The lowest BCUT2D eigenvalue weighted by Gasteiger charge is -2.37. The third kappa shape index (κ3) is 8.36. The van der Waals surface area contributed by atoms with E-state index in [2.05, 4.69) is 39.8 Å². The van der Waals surface area contributed by atoms with Crippen molar-refractivity contribution in [1.29, 1.82) is 0 Å². The number of fused-ring (bicyclic) bond motifs is 1. The Morgan fingerprint density at radius 2 is 1.68 bits per heavy atom. The number of nitrogens with one attached hydrogen (secondary N) is 2. The molecule has 4 rings (SSSR count). The summed E-state index contributed by atoms with van der Waals surface area (Å²) in [6.45, 7) is 6.19. The van der Waals surface area contributed by atoms with Gasteiger partial charge >= 0.3 is 5.97 Å². The first-order valence-corrected chi connectivity index (χ1v) is 13.4. The zero-order chi connectivity index (χ0) is 26.7. The van der Waals surface area contributed by atoms with Crippen molar-refractivity contribution in [3.63, 3.8) is 0 Å². The van der Waals surface area contributed by atoms with Gasteiger partial charge in [-0.3, -0.25) is 9.69 Å². The van der Waals surface area contributed by atoms with Gasteiger partial charge in [-0.2, -0.15) is 0 Å². The second-order valence-corrected chi connectivity index (χ2v) is 9.78. The number of nitrogens with zero attached hydrogens (tertiary/aromatic N) is 1. The predicted molar refractivity (Wildman–Crippen MR) is 147 cm³/mol. The molecule has 0 bridgehead atoms. The van der Waals surface area contributed by atoms with Crippen molar-refractivity contribution in [3.8, 4) is 0 Å². The molecule has 0 fully saturated rings. The molecule has 1 heterocycles. The smallest absolute Gasteiger partial charge is 0.305 e. The summed E-state index contributed by atoms with van der Waals surface area (Å²) < 4.78 is 32.2. The summed E-state index contributed by atoms with van der Waals surface area (Å²) in [7, 11) is 0. The Labute approximate surface area is 224 Å². The Morgan fingerprint density at radius 1 is 0.947 bits per heavy atom. The molecule has 2 N–H and O–H groups in total. The predicted octanol–water partition coefficient (Wildman–Crippen LogP) is 5.48. The van der Waals surface area contributed by atoms with Crippen LogP contribution in [0.1, 0.15) is 42.0 Å². The van der Waals surface area contributed by atoms with E-state index in [9.17, 15) is 13.6 Å². The molecule has 1 aliphatic heterocycles. The molecule has 0 saturated heterocycles. The number of esters is 1.